The van der Waals surface area contributed by atoms with E-state index >= 15 is 0 Å². The molecule has 15 heavy (non-hydrogen) atoms. The second-order valence-electron chi connectivity index (χ2n) is 6.15. The first-order chi connectivity index (χ1) is 6.93. The molecule has 0 bridgehead atoms. The molecule has 1 fully saturated rings. The third-order valence-corrected chi connectivity index (χ3v) is 4.28. The molecule has 1 nitrogen and oxygen atoms in total. The summed E-state index contributed by atoms with van der Waals surface area (Å²) in [4.78, 5) is 12.0. The van der Waals surface area contributed by atoms with Gasteiger partial charge in [-0.15, -0.1) is 0 Å². The molecule has 2 aliphatic rings. The molecule has 0 saturated heterocycles. The van der Waals surface area contributed by atoms with Crippen molar-refractivity contribution in [3.8, 4) is 0 Å². The van der Waals surface area contributed by atoms with E-state index in [0.29, 0.717) is 17.6 Å². The van der Waals surface area contributed by atoms with Crippen LogP contribution in [0.25, 0.3) is 0 Å². The maximum atomic E-state index is 12.0. The molecule has 0 heterocycles. The highest BCUT2D eigenvalue weighted by Gasteiger charge is 2.45. The molecule has 2 atom stereocenters. The molecule has 0 radical (unpaired) electrons. The Kier molecular flexibility index (Phi) is 2.52. The van der Waals surface area contributed by atoms with Crippen molar-refractivity contribution < 1.29 is 4.79 Å². The number of carbonyl (C=O) groups excluding carboxylic acids is 1. The third-order valence-electron chi connectivity index (χ3n) is 4.28. The highest BCUT2D eigenvalue weighted by Crippen LogP contribution is 2.51. The van der Waals surface area contributed by atoms with Gasteiger partial charge in [0.2, 0.25) is 0 Å². The van der Waals surface area contributed by atoms with E-state index in [1.165, 1.54) is 24.8 Å². The van der Waals surface area contributed by atoms with E-state index in [1.54, 1.807) is 0 Å². The summed E-state index contributed by atoms with van der Waals surface area (Å²) in [6.07, 6.45) is 5.72. The topological polar surface area (TPSA) is 17.1 Å². The van der Waals surface area contributed by atoms with Crippen molar-refractivity contribution in [2.75, 3.05) is 0 Å². The fourth-order valence-electron chi connectivity index (χ4n) is 3.48. The largest absolute Gasteiger partial charge is 0.295 e. The van der Waals surface area contributed by atoms with Crippen molar-refractivity contribution in [3.05, 3.63) is 11.6 Å². The van der Waals surface area contributed by atoms with Crippen LogP contribution in [0, 0.1) is 23.2 Å². The highest BCUT2D eigenvalue weighted by atomic mass is 16.1. The Bertz CT molecular complexity index is 309. The lowest BCUT2D eigenvalue weighted by Crippen LogP contribution is -2.30. The van der Waals surface area contributed by atoms with Crippen LogP contribution < -0.4 is 0 Å². The molecule has 84 valence electrons. The lowest BCUT2D eigenvalue weighted by molar-refractivity contribution is -0.119. The van der Waals surface area contributed by atoms with Gasteiger partial charge in [0.05, 0.1) is 0 Å². The monoisotopic (exact) mass is 206 g/mol. The number of carbonyl (C=O) groups is 1. The molecule has 0 aliphatic heterocycles. The summed E-state index contributed by atoms with van der Waals surface area (Å²) in [5, 5.41) is 0. The number of hydrogen-bond donors (Lipinski definition) is 0. The number of rotatable bonds is 1. The second-order valence-corrected chi connectivity index (χ2v) is 6.15. The van der Waals surface area contributed by atoms with Gasteiger partial charge in [-0.3, -0.25) is 4.79 Å². The first-order valence-corrected chi connectivity index (χ1v) is 6.19. The molecule has 2 aliphatic carbocycles. The van der Waals surface area contributed by atoms with Crippen LogP contribution in [0.15, 0.2) is 11.6 Å². The summed E-state index contributed by atoms with van der Waals surface area (Å²) >= 11 is 0. The Morgan fingerprint density at radius 2 is 2.07 bits per heavy atom. The molecule has 1 heteroatoms. The number of allylic oxidation sites excluding steroid dienone is 2. The van der Waals surface area contributed by atoms with Crippen LogP contribution in [0.3, 0.4) is 0 Å². The number of fused-ring (bicyclic) bond motifs is 1. The zero-order valence-electron chi connectivity index (χ0n) is 10.3. The zero-order valence-corrected chi connectivity index (χ0v) is 10.3. The quantitative estimate of drug-likeness (QED) is 0.640. The van der Waals surface area contributed by atoms with Gasteiger partial charge in [0.15, 0.2) is 5.78 Å². The maximum absolute atomic E-state index is 12.0. The lowest BCUT2D eigenvalue weighted by Gasteiger charge is -2.38. The van der Waals surface area contributed by atoms with Gasteiger partial charge in [-0.25, -0.2) is 0 Å². The molecular weight excluding hydrogens is 184 g/mol. The van der Waals surface area contributed by atoms with Gasteiger partial charge in [0.1, 0.15) is 0 Å². The minimum absolute atomic E-state index is 0.266. The van der Waals surface area contributed by atoms with Gasteiger partial charge in [0, 0.05) is 5.92 Å². The summed E-state index contributed by atoms with van der Waals surface area (Å²) in [5.74, 6) is 1.71. The van der Waals surface area contributed by atoms with Crippen molar-refractivity contribution in [1.82, 2.24) is 0 Å². The van der Waals surface area contributed by atoms with Crippen LogP contribution >= 0.6 is 0 Å². The van der Waals surface area contributed by atoms with Crippen molar-refractivity contribution >= 4 is 5.78 Å². The van der Waals surface area contributed by atoms with Crippen LogP contribution in [0.2, 0.25) is 0 Å². The first kappa shape index (κ1) is 10.9. The zero-order chi connectivity index (χ0) is 11.2. The van der Waals surface area contributed by atoms with Crippen LogP contribution in [0.4, 0.5) is 0 Å². The van der Waals surface area contributed by atoms with E-state index in [1.807, 2.05) is 6.08 Å². The van der Waals surface area contributed by atoms with Crippen molar-refractivity contribution in [3.63, 3.8) is 0 Å². The van der Waals surface area contributed by atoms with E-state index in [0.717, 1.165) is 0 Å². The van der Waals surface area contributed by atoms with Crippen LogP contribution in [-0.4, -0.2) is 5.78 Å². The summed E-state index contributed by atoms with van der Waals surface area (Å²) in [7, 11) is 0. The van der Waals surface area contributed by atoms with Crippen molar-refractivity contribution in [2.24, 2.45) is 23.2 Å². The molecule has 0 aromatic carbocycles. The molecule has 1 saturated carbocycles. The minimum Gasteiger partial charge on any atom is -0.295 e. The molecule has 0 N–H and O–H groups in total. The lowest BCUT2D eigenvalue weighted by atomic mass is 9.66. The first-order valence-electron chi connectivity index (χ1n) is 6.19. The Labute approximate surface area is 92.9 Å². The average molecular weight is 206 g/mol. The average Bonchev–Trinajstić information content (AvgIpc) is 2.42. The van der Waals surface area contributed by atoms with Gasteiger partial charge < -0.3 is 0 Å². The molecule has 0 spiro atoms. The molecule has 0 aromatic rings. The molecule has 0 amide bonds. The van der Waals surface area contributed by atoms with Crippen LogP contribution in [0.1, 0.15) is 47.0 Å². The fraction of sp³-hybridized carbons (Fsp3) is 0.786. The minimum atomic E-state index is 0.266. The predicted octanol–water partition coefficient (Wildman–Crippen LogP) is 3.59. The second kappa shape index (κ2) is 3.47. The normalized spacial score (nSPS) is 34.2. The van der Waals surface area contributed by atoms with Crippen molar-refractivity contribution in [2.45, 2.75) is 47.0 Å². The van der Waals surface area contributed by atoms with Gasteiger partial charge in [-0.05, 0) is 36.2 Å². The Morgan fingerprint density at radius 3 is 2.67 bits per heavy atom. The smallest absolute Gasteiger partial charge is 0.159 e. The Hall–Kier alpha value is -0.590. The standard InChI is InChI=1S/C14H22O/c1-9(2)13-10-6-5-7-14(3,4)11(10)8-12(13)15/h8-10,13H,5-7H2,1-4H3/t10-,13-/m1/s1. The van der Waals surface area contributed by atoms with Crippen LogP contribution in [-0.2, 0) is 4.79 Å². The summed E-state index contributed by atoms with van der Waals surface area (Å²) < 4.78 is 0. The van der Waals surface area contributed by atoms with Gasteiger partial charge in [-0.1, -0.05) is 39.7 Å². The molecule has 2 rings (SSSR count). The van der Waals surface area contributed by atoms with Crippen molar-refractivity contribution in [1.29, 1.82) is 0 Å². The molecule has 0 aromatic heterocycles. The van der Waals surface area contributed by atoms with E-state index in [4.69, 9.17) is 0 Å². The third kappa shape index (κ3) is 1.66. The van der Waals surface area contributed by atoms with E-state index in [9.17, 15) is 4.79 Å². The highest BCUT2D eigenvalue weighted by molar-refractivity contribution is 5.96. The summed E-state index contributed by atoms with van der Waals surface area (Å²) in [6, 6.07) is 0. The molecule has 0 unspecified atom stereocenters. The Balaban J connectivity index is 2.32. The number of hydrogen-bond acceptors (Lipinski definition) is 1. The SMILES string of the molecule is CC(C)[C@H]1C(=O)C=C2[C@H]1CCCC2(C)C. The summed E-state index contributed by atoms with van der Waals surface area (Å²) in [6.45, 7) is 8.95. The van der Waals surface area contributed by atoms with E-state index in [-0.39, 0.29) is 11.3 Å². The summed E-state index contributed by atoms with van der Waals surface area (Å²) in [5.41, 5.74) is 1.71. The Morgan fingerprint density at radius 1 is 1.40 bits per heavy atom. The van der Waals surface area contributed by atoms with E-state index in [2.05, 4.69) is 27.7 Å². The van der Waals surface area contributed by atoms with E-state index < -0.39 is 0 Å². The number of ketones is 1. The molecular formula is C14H22O. The van der Waals surface area contributed by atoms with Gasteiger partial charge >= 0.3 is 0 Å². The fourth-order valence-corrected chi connectivity index (χ4v) is 3.48. The van der Waals surface area contributed by atoms with Gasteiger partial charge in [-0.2, -0.15) is 0 Å². The van der Waals surface area contributed by atoms with Gasteiger partial charge in [0.25, 0.3) is 0 Å². The predicted molar refractivity (Wildman–Crippen MR) is 62.5 cm³/mol. The maximum Gasteiger partial charge on any atom is 0.159 e. The van der Waals surface area contributed by atoms with Crippen LogP contribution in [0.5, 0.6) is 0 Å².